The van der Waals surface area contributed by atoms with Crippen molar-refractivity contribution >= 4 is 45.7 Å². The highest BCUT2D eigenvalue weighted by atomic mass is 35.5. The molecule has 9 heteroatoms. The Morgan fingerprint density at radius 2 is 1.94 bits per heavy atom. The first-order valence-corrected chi connectivity index (χ1v) is 10.9. The van der Waals surface area contributed by atoms with E-state index < -0.39 is 11.5 Å². The highest BCUT2D eigenvalue weighted by molar-refractivity contribution is 6.31. The van der Waals surface area contributed by atoms with Gasteiger partial charge >= 0.3 is 5.97 Å². The van der Waals surface area contributed by atoms with Gasteiger partial charge in [-0.3, -0.25) is 9.59 Å². The van der Waals surface area contributed by atoms with Crippen LogP contribution in [0.1, 0.15) is 12.5 Å². The number of aromatic nitrogens is 2. The molecule has 0 fully saturated rings. The zero-order valence-corrected chi connectivity index (χ0v) is 19.4. The fraction of sp³-hybridized carbons (Fsp3) is 0.0769. The summed E-state index contributed by atoms with van der Waals surface area (Å²) in [7, 11) is 1.47. The van der Waals surface area contributed by atoms with Gasteiger partial charge in [-0.05, 0) is 48.5 Å². The molecule has 0 aliphatic rings. The molecule has 0 aliphatic carbocycles. The van der Waals surface area contributed by atoms with E-state index in [-0.39, 0.29) is 11.6 Å². The van der Waals surface area contributed by atoms with E-state index in [0.717, 1.165) is 10.1 Å². The Morgan fingerprint density at radius 3 is 2.74 bits per heavy atom. The molecule has 0 spiro atoms. The fourth-order valence-corrected chi connectivity index (χ4v) is 3.86. The van der Waals surface area contributed by atoms with Crippen molar-refractivity contribution in [3.05, 3.63) is 87.7 Å². The second-order valence-electron chi connectivity index (χ2n) is 7.58. The summed E-state index contributed by atoms with van der Waals surface area (Å²) in [6.45, 7) is 1.29. The molecule has 0 saturated heterocycles. The van der Waals surface area contributed by atoms with Crippen LogP contribution in [0.5, 0.6) is 11.5 Å². The maximum Gasteiger partial charge on any atom is 0.308 e. The Hall–Kier alpha value is -4.43. The first kappa shape index (κ1) is 22.4. The highest BCUT2D eigenvalue weighted by Gasteiger charge is 2.17. The second-order valence-corrected chi connectivity index (χ2v) is 8.02. The number of benzene rings is 3. The number of nitrogens with zero attached hydrogens (tertiary/aromatic N) is 3. The average molecular weight is 488 g/mol. The number of halogens is 1. The molecule has 0 aliphatic heterocycles. The number of furan rings is 1. The Morgan fingerprint density at radius 1 is 1.11 bits per heavy atom. The van der Waals surface area contributed by atoms with Crippen LogP contribution in [0.2, 0.25) is 5.02 Å². The van der Waals surface area contributed by atoms with E-state index >= 15 is 0 Å². The van der Waals surface area contributed by atoms with Crippen LogP contribution in [-0.2, 0) is 4.79 Å². The predicted octanol–water partition coefficient (Wildman–Crippen LogP) is 5.28. The van der Waals surface area contributed by atoms with Gasteiger partial charge in [-0.25, -0.2) is 4.98 Å². The third kappa shape index (κ3) is 4.27. The zero-order valence-electron chi connectivity index (χ0n) is 18.7. The molecule has 0 unspecified atom stereocenters. The number of fused-ring (bicyclic) bond motifs is 2. The molecule has 0 bridgehead atoms. The van der Waals surface area contributed by atoms with Gasteiger partial charge in [0.2, 0.25) is 5.82 Å². The van der Waals surface area contributed by atoms with Gasteiger partial charge in [-0.15, -0.1) is 0 Å². The largest absolute Gasteiger partial charge is 0.493 e. The highest BCUT2D eigenvalue weighted by Crippen LogP contribution is 2.31. The summed E-state index contributed by atoms with van der Waals surface area (Å²) in [6, 6.07) is 19.0. The smallest absolute Gasteiger partial charge is 0.308 e. The Labute approximate surface area is 204 Å². The molecule has 0 radical (unpaired) electrons. The summed E-state index contributed by atoms with van der Waals surface area (Å²) in [6.07, 6.45) is 1.40. The van der Waals surface area contributed by atoms with Gasteiger partial charge in [0, 0.05) is 22.9 Å². The van der Waals surface area contributed by atoms with Crippen LogP contribution in [0.3, 0.4) is 0 Å². The van der Waals surface area contributed by atoms with Crippen molar-refractivity contribution in [2.24, 2.45) is 5.10 Å². The third-order valence-corrected chi connectivity index (χ3v) is 5.47. The van der Waals surface area contributed by atoms with Crippen molar-refractivity contribution in [2.75, 3.05) is 7.11 Å². The maximum atomic E-state index is 13.4. The minimum Gasteiger partial charge on any atom is -0.493 e. The van der Waals surface area contributed by atoms with Crippen molar-refractivity contribution < 1.29 is 18.7 Å². The summed E-state index contributed by atoms with van der Waals surface area (Å²) >= 11 is 6.12. The standard InChI is InChI=1S/C26H18ClN3O5/c1-15(31)34-24-16(6-5-9-22(24)33-2)14-28-30-25(29-20-8-4-3-7-19(20)26(30)32)23-13-17-12-18(27)10-11-21(17)35-23/h3-14H,1-2H3. The minimum absolute atomic E-state index is 0.188. The van der Waals surface area contributed by atoms with E-state index in [0.29, 0.717) is 38.6 Å². The molecule has 8 nitrogen and oxygen atoms in total. The molecule has 0 amide bonds. The van der Waals surface area contributed by atoms with Crippen LogP contribution >= 0.6 is 11.6 Å². The van der Waals surface area contributed by atoms with Crippen molar-refractivity contribution in [1.82, 2.24) is 9.66 Å². The Kier molecular flexibility index (Phi) is 5.80. The molecule has 3 aromatic carbocycles. The summed E-state index contributed by atoms with van der Waals surface area (Å²) in [4.78, 5) is 29.7. The minimum atomic E-state index is -0.518. The van der Waals surface area contributed by atoms with Crippen LogP contribution in [-0.4, -0.2) is 29.0 Å². The molecule has 2 aromatic heterocycles. The zero-order chi connectivity index (χ0) is 24.5. The lowest BCUT2D eigenvalue weighted by Crippen LogP contribution is -2.20. The predicted molar refractivity (Wildman–Crippen MR) is 134 cm³/mol. The maximum absolute atomic E-state index is 13.4. The molecule has 5 rings (SSSR count). The van der Waals surface area contributed by atoms with Crippen LogP contribution in [0.25, 0.3) is 33.5 Å². The first-order chi connectivity index (χ1) is 16.9. The monoisotopic (exact) mass is 487 g/mol. The first-order valence-electron chi connectivity index (χ1n) is 10.6. The lowest BCUT2D eigenvalue weighted by Gasteiger charge is -2.11. The molecule has 35 heavy (non-hydrogen) atoms. The van der Waals surface area contributed by atoms with Crippen molar-refractivity contribution in [1.29, 1.82) is 0 Å². The van der Waals surface area contributed by atoms with E-state index in [1.54, 1.807) is 66.7 Å². The van der Waals surface area contributed by atoms with Gasteiger partial charge in [0.1, 0.15) is 5.58 Å². The number of carbonyl (C=O) groups is 1. The van der Waals surface area contributed by atoms with Crippen molar-refractivity contribution in [3.63, 3.8) is 0 Å². The summed E-state index contributed by atoms with van der Waals surface area (Å²) in [5, 5.41) is 6.12. The molecule has 0 saturated carbocycles. The van der Waals surface area contributed by atoms with Gasteiger partial charge < -0.3 is 13.9 Å². The number of methoxy groups -OCH3 is 1. The number of esters is 1. The third-order valence-electron chi connectivity index (χ3n) is 5.24. The molecular weight excluding hydrogens is 470 g/mol. The summed E-state index contributed by atoms with van der Waals surface area (Å²) in [5.74, 6) is 0.563. The second kappa shape index (κ2) is 9.08. The van der Waals surface area contributed by atoms with Gasteiger partial charge in [0.15, 0.2) is 17.3 Å². The van der Waals surface area contributed by atoms with Gasteiger partial charge in [-0.1, -0.05) is 29.8 Å². The molecule has 0 atom stereocenters. The van der Waals surface area contributed by atoms with Crippen molar-refractivity contribution in [2.45, 2.75) is 6.92 Å². The molecule has 5 aromatic rings. The van der Waals surface area contributed by atoms with Gasteiger partial charge in [-0.2, -0.15) is 9.78 Å². The number of rotatable bonds is 5. The van der Waals surface area contributed by atoms with Crippen molar-refractivity contribution in [3.8, 4) is 23.1 Å². The van der Waals surface area contributed by atoms with E-state index in [2.05, 4.69) is 10.1 Å². The number of ether oxygens (including phenoxy) is 2. The lowest BCUT2D eigenvalue weighted by atomic mass is 10.2. The quantitative estimate of drug-likeness (QED) is 0.190. The van der Waals surface area contributed by atoms with Gasteiger partial charge in [0.25, 0.3) is 5.56 Å². The van der Waals surface area contributed by atoms with E-state index in [9.17, 15) is 9.59 Å². The van der Waals surface area contributed by atoms with Gasteiger partial charge in [0.05, 0.1) is 24.2 Å². The summed E-state index contributed by atoms with van der Waals surface area (Å²) in [5.41, 5.74) is 1.13. The Bertz CT molecular complexity index is 1690. The molecular formula is C26H18ClN3O5. The number of hydrogen-bond acceptors (Lipinski definition) is 7. The fourth-order valence-electron chi connectivity index (χ4n) is 3.68. The number of hydrogen-bond donors (Lipinski definition) is 0. The molecule has 2 heterocycles. The average Bonchev–Trinajstić information content (AvgIpc) is 3.27. The topological polar surface area (TPSA) is 95.9 Å². The van der Waals surface area contributed by atoms with E-state index in [1.165, 1.54) is 20.2 Å². The van der Waals surface area contributed by atoms with Crippen LogP contribution < -0.4 is 15.0 Å². The molecule has 174 valence electrons. The summed E-state index contributed by atoms with van der Waals surface area (Å²) < 4.78 is 17.8. The van der Waals surface area contributed by atoms with E-state index in [1.807, 2.05) is 0 Å². The van der Waals surface area contributed by atoms with Crippen LogP contribution in [0.15, 0.2) is 81.0 Å². The van der Waals surface area contributed by atoms with E-state index in [4.69, 9.17) is 25.5 Å². The number of para-hydroxylation sites is 2. The lowest BCUT2D eigenvalue weighted by molar-refractivity contribution is -0.132. The Balaban J connectivity index is 1.72. The SMILES string of the molecule is COc1cccc(C=Nn2c(-c3cc4cc(Cl)ccc4o3)nc3ccccc3c2=O)c1OC(C)=O. The van der Waals surface area contributed by atoms with Crippen LogP contribution in [0.4, 0.5) is 0 Å². The normalized spacial score (nSPS) is 11.4. The molecule has 0 N–H and O–H groups in total. The number of carbonyl (C=O) groups excluding carboxylic acids is 1. The van der Waals surface area contributed by atoms with Crippen LogP contribution in [0, 0.1) is 0 Å².